The number of benzene rings is 1. The Morgan fingerprint density at radius 1 is 1.59 bits per heavy atom. The van der Waals surface area contributed by atoms with Gasteiger partial charge in [0, 0.05) is 25.1 Å². The number of hydrogen-bond donors (Lipinski definition) is 1. The van der Waals surface area contributed by atoms with Gasteiger partial charge in [0.25, 0.3) is 0 Å². The highest BCUT2D eigenvalue weighted by atomic mass is 16.6. The molecule has 0 aliphatic heterocycles. The number of nitrogens with one attached hydrogen (secondary N) is 1. The van der Waals surface area contributed by atoms with Crippen molar-refractivity contribution in [2.24, 2.45) is 0 Å². The van der Waals surface area contributed by atoms with Crippen LogP contribution in [0.15, 0.2) is 30.4 Å². The van der Waals surface area contributed by atoms with Gasteiger partial charge in [-0.1, -0.05) is 18.1 Å². The van der Waals surface area contributed by atoms with Gasteiger partial charge in [-0.25, -0.2) is 0 Å². The summed E-state index contributed by atoms with van der Waals surface area (Å²) in [4.78, 5) is 15.8. The Labute approximate surface area is 110 Å². The molecule has 0 spiro atoms. The van der Waals surface area contributed by atoms with Crippen LogP contribution in [0.4, 0.5) is 0 Å². The third-order valence-corrected chi connectivity index (χ3v) is 2.35. The molecule has 0 saturated heterocycles. The van der Waals surface area contributed by atoms with Crippen molar-refractivity contribution in [2.45, 2.75) is 13.3 Å². The Kier molecular flexibility index (Phi) is 1.61. The lowest BCUT2D eigenvalue weighted by Gasteiger charge is -2.00. The first-order valence-corrected chi connectivity index (χ1v) is 5.07. The van der Waals surface area contributed by atoms with Gasteiger partial charge >= 0.3 is 0 Å². The largest absolute Gasteiger partial charge is 0.417 e. The second-order valence-electron chi connectivity index (χ2n) is 3.53. The molecule has 1 aromatic carbocycles. The third kappa shape index (κ3) is 2.41. The number of fused-ring (bicyclic) bond motifs is 1. The van der Waals surface area contributed by atoms with Crippen molar-refractivity contribution < 1.29 is 19.2 Å². The van der Waals surface area contributed by atoms with Crippen LogP contribution in [0.5, 0.6) is 0 Å². The highest BCUT2D eigenvalue weighted by Crippen LogP contribution is 2.20. The normalized spacial score (nSPS) is 17.1. The minimum atomic E-state index is -2.78. The predicted octanol–water partition coefficient (Wildman–Crippen LogP) is 1.38. The average molecular weight is 239 g/mol. The van der Waals surface area contributed by atoms with Gasteiger partial charge in [-0.3, -0.25) is 4.79 Å². The lowest BCUT2D eigenvalue weighted by atomic mass is 10.1. The van der Waals surface area contributed by atoms with E-state index in [0.29, 0.717) is 5.56 Å². The van der Waals surface area contributed by atoms with Crippen LogP contribution in [-0.4, -0.2) is 24.2 Å². The lowest BCUT2D eigenvalue weighted by molar-refractivity contribution is -0.118. The molecule has 90 valence electrons. The third-order valence-electron chi connectivity index (χ3n) is 2.35. The number of rotatable bonds is 4. The molecule has 4 heteroatoms. The Hall–Kier alpha value is -1.97. The molecule has 0 aliphatic carbocycles. The van der Waals surface area contributed by atoms with Crippen LogP contribution < -0.4 is 10.2 Å². The summed E-state index contributed by atoms with van der Waals surface area (Å²) in [5.41, 5.74) is 0.407. The van der Waals surface area contributed by atoms with Crippen molar-refractivity contribution in [1.82, 2.24) is 10.0 Å². The van der Waals surface area contributed by atoms with Crippen LogP contribution in [0, 0.1) is 0 Å². The summed E-state index contributed by atoms with van der Waals surface area (Å²) in [6.45, 7) is 1.60. The van der Waals surface area contributed by atoms with E-state index in [4.69, 9.17) is 14.4 Å². The van der Waals surface area contributed by atoms with E-state index in [0.717, 1.165) is 4.73 Å². The van der Waals surface area contributed by atoms with Crippen molar-refractivity contribution >= 4 is 16.8 Å². The minimum Gasteiger partial charge on any atom is -0.417 e. The van der Waals surface area contributed by atoms with Crippen molar-refractivity contribution in [3.05, 3.63) is 35.9 Å². The Bertz CT molecular complexity index is 798. The van der Waals surface area contributed by atoms with E-state index < -0.39 is 19.1 Å². The number of para-hydroxylation sites is 1. The summed E-state index contributed by atoms with van der Waals surface area (Å²) < 4.78 is 54.0. The van der Waals surface area contributed by atoms with Crippen LogP contribution in [0.25, 0.3) is 10.9 Å². The molecule has 2 aromatic rings. The average Bonchev–Trinajstić information content (AvgIpc) is 2.78. The van der Waals surface area contributed by atoms with Crippen molar-refractivity contribution in [1.29, 1.82) is 0 Å². The molecule has 2 rings (SSSR count). The number of nitrogens with zero attached hydrogens (tertiary/aromatic N) is 1. The van der Waals surface area contributed by atoms with Crippen molar-refractivity contribution in [3.63, 3.8) is 0 Å². The highest BCUT2D eigenvalue weighted by Gasteiger charge is 2.07. The molecular formula is C13H16N2O2. The second-order valence-corrected chi connectivity index (χ2v) is 3.53. The van der Waals surface area contributed by atoms with Gasteiger partial charge in [0.2, 0.25) is 5.91 Å². The summed E-state index contributed by atoms with van der Waals surface area (Å²) in [6, 6.07) is -1.56. The van der Waals surface area contributed by atoms with E-state index in [9.17, 15) is 4.79 Å². The van der Waals surface area contributed by atoms with Gasteiger partial charge in [-0.05, 0) is 18.0 Å². The van der Waals surface area contributed by atoms with Crippen LogP contribution in [0.1, 0.15) is 22.1 Å². The summed E-state index contributed by atoms with van der Waals surface area (Å²) in [7, 11) is -2.78. The van der Waals surface area contributed by atoms with Gasteiger partial charge in [0.05, 0.1) is 15.1 Å². The van der Waals surface area contributed by atoms with E-state index >= 15 is 0 Å². The van der Waals surface area contributed by atoms with Crippen molar-refractivity contribution in [3.8, 4) is 0 Å². The van der Waals surface area contributed by atoms with Crippen LogP contribution in [0.2, 0.25) is 0 Å². The van der Waals surface area contributed by atoms with E-state index in [-0.39, 0.29) is 41.9 Å². The topological polar surface area (TPSA) is 43.3 Å². The first-order valence-electron chi connectivity index (χ1n) is 8.57. The van der Waals surface area contributed by atoms with Crippen LogP contribution >= 0.6 is 0 Å². The van der Waals surface area contributed by atoms with Gasteiger partial charge < -0.3 is 10.2 Å². The molecule has 0 radical (unpaired) electrons. The fourth-order valence-electron chi connectivity index (χ4n) is 1.61. The van der Waals surface area contributed by atoms with E-state index in [2.05, 4.69) is 5.32 Å². The molecule has 1 amide bonds. The maximum Gasteiger partial charge on any atom is 0.216 e. The molecular weight excluding hydrogens is 216 g/mol. The maximum atomic E-state index is 11.0. The Morgan fingerprint density at radius 2 is 2.41 bits per heavy atom. The molecule has 0 unspecified atom stereocenters. The standard InChI is InChI=1S/C13H16N2O2/c1-10(16)14-8-7-11-9-15(17-2)13-6-4-3-5-12(11)13/h3-6,9H,7-8H2,1-2H3,(H,14,16)/i2D3,3D,4D,5D,6D. The SMILES string of the molecule is [2H]c1c([2H])c([2H])c2c(c(CCNC(C)=O)cn2OC([2H])([2H])[2H])c1[2H]. The fraction of sp³-hybridized carbons (Fsp3) is 0.308. The van der Waals surface area contributed by atoms with Crippen molar-refractivity contribution in [2.75, 3.05) is 13.6 Å². The summed E-state index contributed by atoms with van der Waals surface area (Å²) in [5.74, 6) is -0.237. The number of hydrogen-bond acceptors (Lipinski definition) is 2. The van der Waals surface area contributed by atoms with Gasteiger partial charge in [0.1, 0.15) is 7.04 Å². The number of carbonyl (C=O) groups is 1. The second kappa shape index (κ2) is 4.91. The number of carbonyl (C=O) groups excluding carboxylic acids is 1. The summed E-state index contributed by atoms with van der Waals surface area (Å²) >= 11 is 0. The lowest BCUT2D eigenvalue weighted by Crippen LogP contribution is -2.22. The zero-order valence-corrected chi connectivity index (χ0v) is 9.26. The van der Waals surface area contributed by atoms with Gasteiger partial charge in [-0.2, -0.15) is 4.73 Å². The summed E-state index contributed by atoms with van der Waals surface area (Å²) in [5, 5.41) is 2.76. The molecule has 4 nitrogen and oxygen atoms in total. The summed E-state index contributed by atoms with van der Waals surface area (Å²) in [6.07, 6.45) is 1.57. The minimum absolute atomic E-state index is 0.0463. The quantitative estimate of drug-likeness (QED) is 0.876. The van der Waals surface area contributed by atoms with E-state index in [1.807, 2.05) is 0 Å². The number of amides is 1. The monoisotopic (exact) mass is 239 g/mol. The first kappa shape index (κ1) is 5.58. The highest BCUT2D eigenvalue weighted by molar-refractivity contribution is 5.83. The molecule has 0 fully saturated rings. The molecule has 0 bridgehead atoms. The van der Waals surface area contributed by atoms with Gasteiger partial charge in [-0.15, -0.1) is 0 Å². The first-order chi connectivity index (χ1) is 11.0. The molecule has 1 heterocycles. The molecule has 0 saturated carbocycles. The predicted molar refractivity (Wildman–Crippen MR) is 66.8 cm³/mol. The molecule has 0 atom stereocenters. The van der Waals surface area contributed by atoms with Crippen LogP contribution in [-0.2, 0) is 11.2 Å². The molecule has 17 heavy (non-hydrogen) atoms. The molecule has 0 aliphatic rings. The maximum absolute atomic E-state index is 11.0. The van der Waals surface area contributed by atoms with Gasteiger partial charge in [0.15, 0.2) is 0 Å². The zero-order valence-electron chi connectivity index (χ0n) is 16.3. The number of aromatic nitrogens is 1. The Balaban J connectivity index is 2.63. The molecule has 1 aromatic heterocycles. The fourth-order valence-corrected chi connectivity index (χ4v) is 1.61. The van der Waals surface area contributed by atoms with E-state index in [1.165, 1.54) is 13.1 Å². The molecule has 1 N–H and O–H groups in total. The Morgan fingerprint density at radius 3 is 3.18 bits per heavy atom. The van der Waals surface area contributed by atoms with Crippen LogP contribution in [0.3, 0.4) is 0 Å². The smallest absolute Gasteiger partial charge is 0.216 e. The van der Waals surface area contributed by atoms with E-state index in [1.54, 1.807) is 0 Å². The zero-order chi connectivity index (χ0) is 18.2.